The van der Waals surface area contributed by atoms with Crippen molar-refractivity contribution < 1.29 is 4.79 Å². The largest absolute Gasteiger partial charge is 0.343 e. The third-order valence-corrected chi connectivity index (χ3v) is 5.95. The van der Waals surface area contributed by atoms with Crippen LogP contribution in [0.2, 0.25) is 0 Å². The van der Waals surface area contributed by atoms with Crippen molar-refractivity contribution in [3.05, 3.63) is 34.8 Å². The fourth-order valence-electron chi connectivity index (χ4n) is 4.34. The first-order valence-electron chi connectivity index (χ1n) is 10.1. The van der Waals surface area contributed by atoms with Crippen molar-refractivity contribution in [2.45, 2.75) is 45.1 Å². The van der Waals surface area contributed by atoms with Gasteiger partial charge in [0.05, 0.1) is 0 Å². The van der Waals surface area contributed by atoms with Gasteiger partial charge < -0.3 is 9.80 Å². The molecule has 2 fully saturated rings. The number of carbonyl (C=O) groups excluding carboxylic acids is 1. The van der Waals surface area contributed by atoms with Gasteiger partial charge in [0.25, 0.3) is 0 Å². The van der Waals surface area contributed by atoms with E-state index >= 15 is 0 Å². The van der Waals surface area contributed by atoms with E-state index in [1.807, 2.05) is 17.9 Å². The number of piperidine rings is 2. The van der Waals surface area contributed by atoms with Crippen LogP contribution >= 0.6 is 0 Å². The smallest absolute Gasteiger partial charge is 0.342 e. The van der Waals surface area contributed by atoms with Crippen molar-refractivity contribution in [1.82, 2.24) is 29.6 Å². The number of H-pyrrole nitrogens is 1. The first-order chi connectivity index (χ1) is 13.7. The topological polar surface area (TPSA) is 100 Å². The third-order valence-electron chi connectivity index (χ3n) is 5.95. The molecule has 0 radical (unpaired) electrons. The summed E-state index contributed by atoms with van der Waals surface area (Å²) in [5.41, 5.74) is -0.148. The maximum absolute atomic E-state index is 13.0. The van der Waals surface area contributed by atoms with Gasteiger partial charge in [-0.1, -0.05) is 0 Å². The summed E-state index contributed by atoms with van der Waals surface area (Å²) < 4.78 is 1.70. The number of nitrogens with zero attached hydrogens (tertiary/aromatic N) is 6. The van der Waals surface area contributed by atoms with Crippen LogP contribution in [-0.4, -0.2) is 61.7 Å². The van der Waals surface area contributed by atoms with Crippen LogP contribution in [0.1, 0.15) is 44.3 Å². The summed E-state index contributed by atoms with van der Waals surface area (Å²) >= 11 is 0. The molecule has 28 heavy (non-hydrogen) atoms. The van der Waals surface area contributed by atoms with Gasteiger partial charge in [-0.2, -0.15) is 5.10 Å². The molecule has 0 spiro atoms. The Bertz CT molecular complexity index is 847. The minimum atomic E-state index is -0.148. The van der Waals surface area contributed by atoms with E-state index in [4.69, 9.17) is 0 Å². The number of carbonyl (C=O) groups is 1. The molecule has 2 saturated heterocycles. The third kappa shape index (κ3) is 3.65. The first kappa shape index (κ1) is 18.6. The molecule has 0 atom stereocenters. The second kappa shape index (κ2) is 8.12. The Morgan fingerprint density at radius 3 is 2.43 bits per heavy atom. The van der Waals surface area contributed by atoms with Gasteiger partial charge in [0.2, 0.25) is 11.9 Å². The maximum Gasteiger partial charge on any atom is 0.343 e. The Balaban J connectivity index is 1.30. The van der Waals surface area contributed by atoms with E-state index in [0.29, 0.717) is 6.54 Å². The minimum Gasteiger partial charge on any atom is -0.342 e. The van der Waals surface area contributed by atoms with Crippen LogP contribution in [0.15, 0.2) is 23.3 Å². The highest BCUT2D eigenvalue weighted by atomic mass is 16.2. The van der Waals surface area contributed by atoms with Crippen molar-refractivity contribution in [3.63, 3.8) is 0 Å². The lowest BCUT2D eigenvalue weighted by molar-refractivity contribution is -0.137. The molecular formula is C19H27N7O2. The lowest BCUT2D eigenvalue weighted by Crippen LogP contribution is -2.45. The van der Waals surface area contributed by atoms with E-state index in [9.17, 15) is 9.59 Å². The van der Waals surface area contributed by atoms with E-state index < -0.39 is 0 Å². The summed E-state index contributed by atoms with van der Waals surface area (Å²) in [6.45, 7) is 5.66. The summed E-state index contributed by atoms with van der Waals surface area (Å²) in [5.74, 6) is 2.16. The van der Waals surface area contributed by atoms with Gasteiger partial charge in [-0.25, -0.2) is 19.9 Å². The molecule has 9 heteroatoms. The van der Waals surface area contributed by atoms with Crippen LogP contribution in [0.5, 0.6) is 0 Å². The number of likely N-dealkylation sites (tertiary alicyclic amines) is 1. The molecule has 150 valence electrons. The maximum atomic E-state index is 13.0. The zero-order valence-electron chi connectivity index (χ0n) is 16.3. The van der Waals surface area contributed by atoms with Crippen LogP contribution in [0.25, 0.3) is 0 Å². The standard InChI is InChI=1S/C19H27N7O2/c1-2-26-16(22-23-19(26)28)14-4-10-24(11-5-14)17(27)15-6-12-25(13-7-15)18-20-8-3-9-21-18/h3,8-9,14-15H,2,4-7,10-13H2,1H3,(H,23,28). The van der Waals surface area contributed by atoms with Gasteiger partial charge in [0.1, 0.15) is 5.82 Å². The summed E-state index contributed by atoms with van der Waals surface area (Å²) in [6.07, 6.45) is 6.89. The second-order valence-electron chi connectivity index (χ2n) is 7.54. The Morgan fingerprint density at radius 1 is 1.11 bits per heavy atom. The number of hydrogen-bond donors (Lipinski definition) is 1. The highest BCUT2D eigenvalue weighted by Crippen LogP contribution is 2.29. The number of rotatable bonds is 4. The van der Waals surface area contributed by atoms with Gasteiger partial charge in [-0.15, -0.1) is 0 Å². The zero-order chi connectivity index (χ0) is 19.5. The Kier molecular flexibility index (Phi) is 5.40. The van der Waals surface area contributed by atoms with Crippen molar-refractivity contribution in [3.8, 4) is 0 Å². The Labute approximate surface area is 163 Å². The van der Waals surface area contributed by atoms with Crippen LogP contribution in [-0.2, 0) is 11.3 Å². The number of amides is 1. The quantitative estimate of drug-likeness (QED) is 0.843. The highest BCUT2D eigenvalue weighted by Gasteiger charge is 2.32. The molecule has 0 saturated carbocycles. The molecule has 4 heterocycles. The molecule has 0 aliphatic carbocycles. The number of hydrogen-bond acceptors (Lipinski definition) is 6. The van der Waals surface area contributed by atoms with Crippen molar-refractivity contribution in [1.29, 1.82) is 0 Å². The van der Waals surface area contributed by atoms with E-state index in [1.54, 1.807) is 17.0 Å². The minimum absolute atomic E-state index is 0.0794. The highest BCUT2D eigenvalue weighted by molar-refractivity contribution is 5.79. The van der Waals surface area contributed by atoms with Gasteiger partial charge in [-0.3, -0.25) is 9.36 Å². The number of anilines is 1. The van der Waals surface area contributed by atoms with E-state index in [1.165, 1.54) is 0 Å². The number of aromatic amines is 1. The normalized spacial score (nSPS) is 19.2. The van der Waals surface area contributed by atoms with Crippen LogP contribution in [0.3, 0.4) is 0 Å². The molecule has 0 bridgehead atoms. The first-order valence-corrected chi connectivity index (χ1v) is 10.1. The lowest BCUT2D eigenvalue weighted by atomic mass is 9.91. The van der Waals surface area contributed by atoms with Crippen molar-refractivity contribution in [2.24, 2.45) is 5.92 Å². The molecule has 0 aromatic carbocycles. The summed E-state index contributed by atoms with van der Waals surface area (Å²) in [7, 11) is 0. The summed E-state index contributed by atoms with van der Waals surface area (Å²) in [5, 5.41) is 6.76. The Morgan fingerprint density at radius 2 is 1.79 bits per heavy atom. The number of nitrogens with one attached hydrogen (secondary N) is 1. The van der Waals surface area contributed by atoms with Gasteiger partial charge in [0.15, 0.2) is 0 Å². The molecule has 2 aliphatic heterocycles. The van der Waals surface area contributed by atoms with Crippen LogP contribution in [0.4, 0.5) is 5.95 Å². The molecule has 2 aromatic rings. The molecule has 2 aromatic heterocycles. The average molecular weight is 385 g/mol. The average Bonchev–Trinajstić information content (AvgIpc) is 3.14. The summed E-state index contributed by atoms with van der Waals surface area (Å²) in [4.78, 5) is 37.5. The lowest BCUT2D eigenvalue weighted by Gasteiger charge is -2.37. The molecule has 1 N–H and O–H groups in total. The SMILES string of the molecule is CCn1c(C2CCN(C(=O)C3CCN(c4ncccn4)CC3)CC2)n[nH]c1=O. The molecule has 4 rings (SSSR count). The monoisotopic (exact) mass is 385 g/mol. The van der Waals surface area contributed by atoms with Crippen molar-refractivity contribution >= 4 is 11.9 Å². The molecule has 9 nitrogen and oxygen atoms in total. The summed E-state index contributed by atoms with van der Waals surface area (Å²) in [6, 6.07) is 1.81. The molecule has 2 aliphatic rings. The zero-order valence-corrected chi connectivity index (χ0v) is 16.3. The molecule has 0 unspecified atom stereocenters. The molecular weight excluding hydrogens is 358 g/mol. The number of aromatic nitrogens is 5. The second-order valence-corrected chi connectivity index (χ2v) is 7.54. The van der Waals surface area contributed by atoms with Crippen molar-refractivity contribution in [2.75, 3.05) is 31.1 Å². The predicted octanol–water partition coefficient (Wildman–Crippen LogP) is 1.00. The molecule has 1 amide bonds. The van der Waals surface area contributed by atoms with Crippen LogP contribution in [0, 0.1) is 5.92 Å². The van der Waals surface area contributed by atoms with E-state index in [0.717, 1.165) is 63.6 Å². The fraction of sp³-hybridized carbons (Fsp3) is 0.632. The van der Waals surface area contributed by atoms with Crippen LogP contribution < -0.4 is 10.6 Å². The Hall–Kier alpha value is -2.71. The van der Waals surface area contributed by atoms with E-state index in [2.05, 4.69) is 25.1 Å². The predicted molar refractivity (Wildman–Crippen MR) is 104 cm³/mol. The van der Waals surface area contributed by atoms with Gasteiger partial charge in [-0.05, 0) is 38.7 Å². The fourth-order valence-corrected chi connectivity index (χ4v) is 4.34. The van der Waals surface area contributed by atoms with E-state index in [-0.39, 0.29) is 23.4 Å². The van der Waals surface area contributed by atoms with Gasteiger partial charge in [0, 0.05) is 57.0 Å². The van der Waals surface area contributed by atoms with Gasteiger partial charge >= 0.3 is 5.69 Å².